The van der Waals surface area contributed by atoms with E-state index in [1.54, 1.807) is 6.92 Å². The van der Waals surface area contributed by atoms with E-state index >= 15 is 0 Å². The molecular weight excluding hydrogens is 188 g/mol. The van der Waals surface area contributed by atoms with Crippen LogP contribution in [0.5, 0.6) is 0 Å². The molecule has 0 spiro atoms. The van der Waals surface area contributed by atoms with E-state index in [0.717, 1.165) is 23.2 Å². The number of Topliss-reactive ketones (excluding diaryl/α,β-unsaturated/α-hetero) is 1. The molecule has 1 aromatic heterocycles. The quantitative estimate of drug-likeness (QED) is 0.713. The van der Waals surface area contributed by atoms with Crippen molar-refractivity contribution in [3.05, 3.63) is 22.9 Å². The van der Waals surface area contributed by atoms with Gasteiger partial charge in [0, 0.05) is 23.0 Å². The molecule has 0 aromatic carbocycles. The van der Waals surface area contributed by atoms with E-state index < -0.39 is 0 Å². The number of hydrogen-bond acceptors (Lipinski definition) is 2. The van der Waals surface area contributed by atoms with Gasteiger partial charge < -0.3 is 10.3 Å². The van der Waals surface area contributed by atoms with E-state index in [2.05, 4.69) is 13.0 Å². The molecule has 2 heterocycles. The monoisotopic (exact) mass is 204 g/mol. The lowest BCUT2D eigenvalue weighted by molar-refractivity contribution is 0.101. The molecule has 0 saturated carbocycles. The number of carbonyl (C=O) groups is 1. The Morgan fingerprint density at radius 3 is 2.87 bits per heavy atom. The summed E-state index contributed by atoms with van der Waals surface area (Å²) < 4.78 is 1.94. The largest absolute Gasteiger partial charge is 0.385 e. The predicted octanol–water partition coefficient (Wildman–Crippen LogP) is 2.24. The normalized spacial score (nSPS) is 19.0. The van der Waals surface area contributed by atoms with Gasteiger partial charge >= 0.3 is 0 Å². The number of nitrogens with two attached hydrogens (primary N) is 1. The van der Waals surface area contributed by atoms with E-state index in [9.17, 15) is 4.79 Å². The lowest BCUT2D eigenvalue weighted by Crippen LogP contribution is -2.11. The van der Waals surface area contributed by atoms with Gasteiger partial charge in [0.2, 0.25) is 0 Å². The van der Waals surface area contributed by atoms with Crippen molar-refractivity contribution in [1.29, 1.82) is 0 Å². The van der Waals surface area contributed by atoms with Gasteiger partial charge in [-0.3, -0.25) is 4.79 Å². The Labute approximate surface area is 89.6 Å². The number of allylic oxidation sites excluding steroid dienone is 1. The van der Waals surface area contributed by atoms with Crippen LogP contribution in [0.25, 0.3) is 6.20 Å². The van der Waals surface area contributed by atoms with Crippen LogP contribution in [0.1, 0.15) is 35.5 Å². The van der Waals surface area contributed by atoms with Crippen LogP contribution in [-0.4, -0.2) is 10.4 Å². The second kappa shape index (κ2) is 3.26. The molecule has 0 aliphatic carbocycles. The third-order valence-electron chi connectivity index (χ3n) is 3.03. The molecule has 0 saturated heterocycles. The summed E-state index contributed by atoms with van der Waals surface area (Å²) in [7, 11) is 0. The van der Waals surface area contributed by atoms with Crippen LogP contribution in [0.3, 0.4) is 0 Å². The maximum absolute atomic E-state index is 11.6. The lowest BCUT2D eigenvalue weighted by atomic mass is 9.98. The Morgan fingerprint density at radius 1 is 1.60 bits per heavy atom. The molecule has 1 unspecified atom stereocenters. The number of rotatable bonds is 1. The topological polar surface area (TPSA) is 48.0 Å². The zero-order chi connectivity index (χ0) is 11.2. The van der Waals surface area contributed by atoms with Crippen LogP contribution < -0.4 is 5.73 Å². The zero-order valence-electron chi connectivity index (χ0n) is 9.37. The number of fused-ring (bicyclic) bond motifs is 1. The number of anilines is 1. The number of nitrogens with zero attached hydrogens (tertiary/aromatic N) is 1. The van der Waals surface area contributed by atoms with Crippen molar-refractivity contribution in [2.75, 3.05) is 5.73 Å². The van der Waals surface area contributed by atoms with Crippen molar-refractivity contribution in [2.45, 2.75) is 27.2 Å². The Kier molecular flexibility index (Phi) is 2.18. The molecule has 1 aliphatic rings. The molecule has 0 radical (unpaired) electrons. The third kappa shape index (κ3) is 1.39. The van der Waals surface area contributed by atoms with Crippen molar-refractivity contribution in [3.8, 4) is 0 Å². The highest BCUT2D eigenvalue weighted by molar-refractivity contribution is 5.98. The van der Waals surface area contributed by atoms with Crippen LogP contribution in [0, 0.1) is 12.8 Å². The third-order valence-corrected chi connectivity index (χ3v) is 3.03. The highest BCUT2D eigenvalue weighted by atomic mass is 16.1. The first-order chi connectivity index (χ1) is 7.02. The summed E-state index contributed by atoms with van der Waals surface area (Å²) in [5, 5.41) is 0. The molecule has 2 N–H and O–H groups in total. The first-order valence-electron chi connectivity index (χ1n) is 5.20. The molecular formula is C12H16N2O. The molecule has 2 rings (SSSR count). The summed E-state index contributed by atoms with van der Waals surface area (Å²) in [6.07, 6.45) is 4.98. The molecule has 1 aromatic rings. The molecule has 1 atom stereocenters. The zero-order valence-corrected chi connectivity index (χ0v) is 9.37. The minimum absolute atomic E-state index is 0.107. The molecule has 80 valence electrons. The Morgan fingerprint density at radius 2 is 2.27 bits per heavy atom. The standard InChI is InChI=1S/C12H16N2O/c1-7-4-5-14-10(6-7)11(9(3)15)8(2)12(14)13/h4-5,7H,6,13H2,1-3H3. The minimum atomic E-state index is 0.107. The van der Waals surface area contributed by atoms with Gasteiger partial charge in [-0.25, -0.2) is 0 Å². The van der Waals surface area contributed by atoms with Gasteiger partial charge in [0.05, 0.1) is 0 Å². The molecule has 3 heteroatoms. The highest BCUT2D eigenvalue weighted by Gasteiger charge is 2.23. The van der Waals surface area contributed by atoms with E-state index in [0.29, 0.717) is 11.7 Å². The van der Waals surface area contributed by atoms with Crippen molar-refractivity contribution >= 4 is 17.8 Å². The minimum Gasteiger partial charge on any atom is -0.385 e. The molecule has 3 nitrogen and oxygen atoms in total. The van der Waals surface area contributed by atoms with Gasteiger partial charge in [-0.2, -0.15) is 0 Å². The van der Waals surface area contributed by atoms with Gasteiger partial charge in [-0.1, -0.05) is 13.0 Å². The lowest BCUT2D eigenvalue weighted by Gasteiger charge is -2.16. The number of hydrogen-bond donors (Lipinski definition) is 1. The molecule has 0 amide bonds. The predicted molar refractivity (Wildman–Crippen MR) is 61.8 cm³/mol. The molecule has 0 bridgehead atoms. The SMILES string of the molecule is CC(=O)c1c(C)c(N)n2c1CC(C)C=C2. The first-order valence-corrected chi connectivity index (χ1v) is 5.20. The average Bonchev–Trinajstić information content (AvgIpc) is 2.39. The van der Waals surface area contributed by atoms with Gasteiger partial charge in [-0.05, 0) is 26.2 Å². The van der Waals surface area contributed by atoms with E-state index in [1.807, 2.05) is 17.7 Å². The number of nitrogen functional groups attached to an aromatic ring is 1. The van der Waals surface area contributed by atoms with Crippen molar-refractivity contribution in [1.82, 2.24) is 4.57 Å². The van der Waals surface area contributed by atoms with Crippen molar-refractivity contribution < 1.29 is 4.79 Å². The van der Waals surface area contributed by atoms with Crippen LogP contribution in [0.4, 0.5) is 5.82 Å². The van der Waals surface area contributed by atoms with Crippen LogP contribution in [0.15, 0.2) is 6.08 Å². The summed E-state index contributed by atoms with van der Waals surface area (Å²) in [6, 6.07) is 0. The highest BCUT2D eigenvalue weighted by Crippen LogP contribution is 2.30. The first kappa shape index (κ1) is 10.0. The summed E-state index contributed by atoms with van der Waals surface area (Å²) in [4.78, 5) is 11.6. The van der Waals surface area contributed by atoms with Gasteiger partial charge in [0.15, 0.2) is 5.78 Å². The van der Waals surface area contributed by atoms with Gasteiger partial charge in [-0.15, -0.1) is 0 Å². The fourth-order valence-corrected chi connectivity index (χ4v) is 2.23. The number of ketones is 1. The summed E-state index contributed by atoms with van der Waals surface area (Å²) in [5.74, 6) is 1.28. The number of carbonyl (C=O) groups excluding carboxylic acids is 1. The smallest absolute Gasteiger partial charge is 0.161 e. The Balaban J connectivity index is 2.68. The van der Waals surface area contributed by atoms with Crippen molar-refractivity contribution in [3.63, 3.8) is 0 Å². The van der Waals surface area contributed by atoms with E-state index in [1.165, 1.54) is 0 Å². The number of aromatic nitrogens is 1. The summed E-state index contributed by atoms with van der Waals surface area (Å²) in [5.41, 5.74) is 8.75. The van der Waals surface area contributed by atoms with Crippen LogP contribution in [0.2, 0.25) is 0 Å². The molecule has 15 heavy (non-hydrogen) atoms. The van der Waals surface area contributed by atoms with Crippen molar-refractivity contribution in [2.24, 2.45) is 5.92 Å². The molecule has 1 aliphatic heterocycles. The maximum atomic E-state index is 11.6. The summed E-state index contributed by atoms with van der Waals surface area (Å²) >= 11 is 0. The maximum Gasteiger partial charge on any atom is 0.161 e. The Bertz CT molecular complexity index is 455. The second-order valence-electron chi connectivity index (χ2n) is 4.28. The summed E-state index contributed by atoms with van der Waals surface area (Å²) in [6.45, 7) is 5.66. The van der Waals surface area contributed by atoms with Gasteiger partial charge in [0.25, 0.3) is 0 Å². The van der Waals surface area contributed by atoms with E-state index in [4.69, 9.17) is 5.73 Å². The average molecular weight is 204 g/mol. The second-order valence-corrected chi connectivity index (χ2v) is 4.28. The van der Waals surface area contributed by atoms with Gasteiger partial charge in [0.1, 0.15) is 5.82 Å². The molecule has 0 fully saturated rings. The van der Waals surface area contributed by atoms with E-state index in [-0.39, 0.29) is 5.78 Å². The van der Waals surface area contributed by atoms with Crippen LogP contribution >= 0.6 is 0 Å². The van der Waals surface area contributed by atoms with Crippen LogP contribution in [-0.2, 0) is 6.42 Å². The fourth-order valence-electron chi connectivity index (χ4n) is 2.23. The Hall–Kier alpha value is -1.51. The fraction of sp³-hybridized carbons (Fsp3) is 0.417.